The number of hydrogen-bond donors (Lipinski definition) is 1. The Labute approximate surface area is 124 Å². The maximum atomic E-state index is 11.7. The summed E-state index contributed by atoms with van der Waals surface area (Å²) in [4.78, 5) is 11.7. The zero-order valence-electron chi connectivity index (χ0n) is 13.2. The average Bonchev–Trinajstić information content (AvgIpc) is 3.25. The molecule has 0 spiro atoms. The molecule has 20 heavy (non-hydrogen) atoms. The molecule has 1 N–H and O–H groups in total. The lowest BCUT2D eigenvalue weighted by Crippen LogP contribution is -2.28. The first-order valence-electron chi connectivity index (χ1n) is 8.53. The molecule has 118 valence electrons. The van der Waals surface area contributed by atoms with Gasteiger partial charge >= 0.3 is 0 Å². The molecule has 3 heteroatoms. The summed E-state index contributed by atoms with van der Waals surface area (Å²) in [6.45, 7) is 2.52. The highest BCUT2D eigenvalue weighted by atomic mass is 16.6. The first-order chi connectivity index (χ1) is 9.75. The Morgan fingerprint density at radius 2 is 1.40 bits per heavy atom. The number of ether oxygens (including phenoxy) is 1. The third-order valence-electron chi connectivity index (χ3n) is 4.26. The molecule has 0 aromatic rings. The molecular formula is C17H32O3. The van der Waals surface area contributed by atoms with Crippen LogP contribution in [0.15, 0.2) is 0 Å². The highest BCUT2D eigenvalue weighted by Crippen LogP contribution is 2.29. The molecule has 0 amide bonds. The Bertz CT molecular complexity index is 259. The second kappa shape index (κ2) is 10.3. The Morgan fingerprint density at radius 1 is 0.950 bits per heavy atom. The maximum Gasteiger partial charge on any atom is 0.172 e. The highest BCUT2D eigenvalue weighted by molar-refractivity contribution is 5.89. The van der Waals surface area contributed by atoms with Crippen LogP contribution in [0.2, 0.25) is 0 Å². The predicted molar refractivity (Wildman–Crippen MR) is 81.9 cm³/mol. The molecule has 0 aromatic carbocycles. The van der Waals surface area contributed by atoms with E-state index in [1.165, 1.54) is 57.8 Å². The molecule has 0 radical (unpaired) electrons. The van der Waals surface area contributed by atoms with Crippen LogP contribution in [0, 0.1) is 0 Å². The van der Waals surface area contributed by atoms with E-state index < -0.39 is 5.60 Å². The normalized spacial score (nSPS) is 21.1. The number of epoxide rings is 1. The summed E-state index contributed by atoms with van der Waals surface area (Å²) in [6.07, 6.45) is 14.7. The molecular weight excluding hydrogens is 252 g/mol. The zero-order chi connectivity index (χ0) is 14.7. The van der Waals surface area contributed by atoms with E-state index in [1.807, 2.05) is 0 Å². The van der Waals surface area contributed by atoms with Crippen molar-refractivity contribution in [2.24, 2.45) is 0 Å². The van der Waals surface area contributed by atoms with Crippen molar-refractivity contribution in [2.75, 3.05) is 13.2 Å². The van der Waals surface area contributed by atoms with Crippen LogP contribution in [0.3, 0.4) is 0 Å². The van der Waals surface area contributed by atoms with E-state index in [2.05, 4.69) is 6.92 Å². The average molecular weight is 284 g/mol. The summed E-state index contributed by atoms with van der Waals surface area (Å²) in [5.41, 5.74) is -0.793. The molecule has 1 aliphatic heterocycles. The molecule has 1 aliphatic rings. The van der Waals surface area contributed by atoms with Gasteiger partial charge in [-0.2, -0.15) is 0 Å². The monoisotopic (exact) mass is 284 g/mol. The Morgan fingerprint density at radius 3 is 1.80 bits per heavy atom. The number of aliphatic hydroxyl groups excluding tert-OH is 1. The fourth-order valence-electron chi connectivity index (χ4n) is 2.61. The van der Waals surface area contributed by atoms with Gasteiger partial charge in [-0.3, -0.25) is 4.79 Å². The molecule has 1 saturated heterocycles. The van der Waals surface area contributed by atoms with Crippen LogP contribution in [0.4, 0.5) is 0 Å². The molecule has 0 bridgehead atoms. The number of ketones is 1. The van der Waals surface area contributed by atoms with E-state index in [0.29, 0.717) is 13.0 Å². The van der Waals surface area contributed by atoms with Crippen molar-refractivity contribution in [1.82, 2.24) is 0 Å². The van der Waals surface area contributed by atoms with Crippen molar-refractivity contribution in [2.45, 2.75) is 89.6 Å². The molecule has 1 fully saturated rings. The van der Waals surface area contributed by atoms with Gasteiger partial charge in [-0.15, -0.1) is 0 Å². The second-order valence-electron chi connectivity index (χ2n) is 6.15. The topological polar surface area (TPSA) is 49.8 Å². The van der Waals surface area contributed by atoms with Crippen LogP contribution < -0.4 is 0 Å². The first kappa shape index (κ1) is 17.6. The van der Waals surface area contributed by atoms with Gasteiger partial charge in [-0.25, -0.2) is 0 Å². The van der Waals surface area contributed by atoms with E-state index >= 15 is 0 Å². The molecule has 0 unspecified atom stereocenters. The van der Waals surface area contributed by atoms with Crippen molar-refractivity contribution in [1.29, 1.82) is 0 Å². The maximum absolute atomic E-state index is 11.7. The molecule has 3 nitrogen and oxygen atoms in total. The Hall–Kier alpha value is -0.410. The van der Waals surface area contributed by atoms with E-state index in [4.69, 9.17) is 9.84 Å². The fraction of sp³-hybridized carbons (Fsp3) is 0.941. The largest absolute Gasteiger partial charge is 0.393 e. The van der Waals surface area contributed by atoms with Gasteiger partial charge in [0.2, 0.25) is 0 Å². The van der Waals surface area contributed by atoms with Crippen LogP contribution in [0.25, 0.3) is 0 Å². The summed E-state index contributed by atoms with van der Waals surface area (Å²) in [6, 6.07) is 0. The van der Waals surface area contributed by atoms with E-state index in [1.54, 1.807) is 0 Å². The molecule has 1 heterocycles. The van der Waals surface area contributed by atoms with Gasteiger partial charge in [0, 0.05) is 6.42 Å². The van der Waals surface area contributed by atoms with Gasteiger partial charge in [0.25, 0.3) is 0 Å². The van der Waals surface area contributed by atoms with Crippen molar-refractivity contribution < 1.29 is 14.6 Å². The zero-order valence-corrected chi connectivity index (χ0v) is 13.2. The summed E-state index contributed by atoms with van der Waals surface area (Å²) >= 11 is 0. The summed E-state index contributed by atoms with van der Waals surface area (Å²) in [7, 11) is 0. The minimum atomic E-state index is -0.793. The lowest BCUT2D eigenvalue weighted by molar-refractivity contribution is -0.125. The molecule has 0 aromatic heterocycles. The number of Topliss-reactive ketones (excluding diaryl/α,β-unsaturated/α-hetero) is 1. The van der Waals surface area contributed by atoms with E-state index in [0.717, 1.165) is 12.8 Å². The predicted octanol–water partition coefficient (Wildman–Crippen LogP) is 4.02. The number of aliphatic hydroxyl groups is 1. The van der Waals surface area contributed by atoms with E-state index in [9.17, 15) is 4.79 Å². The minimum absolute atomic E-state index is 0.0934. The van der Waals surface area contributed by atoms with Crippen LogP contribution in [0.1, 0.15) is 84.0 Å². The van der Waals surface area contributed by atoms with Crippen molar-refractivity contribution >= 4 is 5.78 Å². The van der Waals surface area contributed by atoms with Crippen LogP contribution in [0.5, 0.6) is 0 Å². The van der Waals surface area contributed by atoms with Crippen molar-refractivity contribution in [3.63, 3.8) is 0 Å². The molecule has 0 aliphatic carbocycles. The summed E-state index contributed by atoms with van der Waals surface area (Å²) in [5, 5.41) is 9.06. The van der Waals surface area contributed by atoms with Gasteiger partial charge < -0.3 is 9.84 Å². The fourth-order valence-corrected chi connectivity index (χ4v) is 2.61. The quantitative estimate of drug-likeness (QED) is 0.387. The summed E-state index contributed by atoms with van der Waals surface area (Å²) in [5.74, 6) is 0.0934. The van der Waals surface area contributed by atoms with Gasteiger partial charge in [-0.05, 0) is 6.42 Å². The summed E-state index contributed by atoms with van der Waals surface area (Å²) < 4.78 is 5.06. The molecule has 0 saturated carbocycles. The molecule has 1 rings (SSSR count). The lowest BCUT2D eigenvalue weighted by Gasteiger charge is -2.06. The Balaban J connectivity index is 1.80. The number of rotatable bonds is 14. The number of hydrogen-bond acceptors (Lipinski definition) is 3. The lowest BCUT2D eigenvalue weighted by atomic mass is 9.99. The van der Waals surface area contributed by atoms with Crippen molar-refractivity contribution in [3.8, 4) is 0 Å². The second-order valence-corrected chi connectivity index (χ2v) is 6.15. The van der Waals surface area contributed by atoms with Crippen LogP contribution >= 0.6 is 0 Å². The third-order valence-corrected chi connectivity index (χ3v) is 4.26. The van der Waals surface area contributed by atoms with Gasteiger partial charge in [0.05, 0.1) is 13.2 Å². The SMILES string of the molecule is CCCCCCCCCCCCCC(=O)[C@@]1(CO)CO1. The number of carbonyl (C=O) groups is 1. The third kappa shape index (κ3) is 6.85. The van der Waals surface area contributed by atoms with Crippen molar-refractivity contribution in [3.05, 3.63) is 0 Å². The van der Waals surface area contributed by atoms with E-state index in [-0.39, 0.29) is 12.4 Å². The van der Waals surface area contributed by atoms with Gasteiger partial charge in [0.1, 0.15) is 0 Å². The number of unbranched alkanes of at least 4 members (excludes halogenated alkanes) is 10. The van der Waals surface area contributed by atoms with Gasteiger partial charge in [-0.1, -0.05) is 71.1 Å². The first-order valence-corrected chi connectivity index (χ1v) is 8.53. The number of carbonyl (C=O) groups excluding carboxylic acids is 1. The molecule has 1 atom stereocenters. The van der Waals surface area contributed by atoms with Crippen LogP contribution in [-0.4, -0.2) is 29.7 Å². The minimum Gasteiger partial charge on any atom is -0.393 e. The van der Waals surface area contributed by atoms with Crippen LogP contribution in [-0.2, 0) is 9.53 Å². The Kier molecular flexibility index (Phi) is 9.12. The van der Waals surface area contributed by atoms with Gasteiger partial charge in [0.15, 0.2) is 11.4 Å². The standard InChI is InChI=1S/C17H32O3/c1-2-3-4-5-6-7-8-9-10-11-12-13-16(19)17(14-18)15-20-17/h18H,2-15H2,1H3/t17-/m1/s1. The smallest absolute Gasteiger partial charge is 0.172 e. The highest BCUT2D eigenvalue weighted by Gasteiger charge is 2.50.